The topological polar surface area (TPSA) is 79.3 Å². The van der Waals surface area contributed by atoms with E-state index in [2.05, 4.69) is 10.3 Å². The number of nitrogens with one attached hydrogen (secondary N) is 1. The summed E-state index contributed by atoms with van der Waals surface area (Å²) in [6, 6.07) is 8.51. The molecule has 2 aromatic rings. The van der Waals surface area contributed by atoms with Crippen molar-refractivity contribution in [2.45, 2.75) is 25.8 Å². The highest BCUT2D eigenvalue weighted by molar-refractivity contribution is 6.30. The number of carboxylic acid groups (broad SMARTS) is 1. The summed E-state index contributed by atoms with van der Waals surface area (Å²) in [5.41, 5.74) is 1.08. The van der Waals surface area contributed by atoms with Crippen molar-refractivity contribution in [1.82, 2.24) is 10.3 Å². The Morgan fingerprint density at radius 2 is 2.10 bits per heavy atom. The van der Waals surface area contributed by atoms with Gasteiger partial charge in [-0.3, -0.25) is 9.59 Å². The average molecular weight is 307 g/mol. The van der Waals surface area contributed by atoms with Crippen LogP contribution < -0.4 is 5.32 Å². The van der Waals surface area contributed by atoms with Gasteiger partial charge in [0.15, 0.2) is 0 Å². The van der Waals surface area contributed by atoms with Crippen LogP contribution in [0.5, 0.6) is 0 Å². The van der Waals surface area contributed by atoms with Crippen molar-refractivity contribution >= 4 is 34.4 Å². The van der Waals surface area contributed by atoms with Crippen LogP contribution in [0.25, 0.3) is 10.9 Å². The number of hydrogen-bond acceptors (Lipinski definition) is 3. The number of halogens is 1. The Labute approximate surface area is 126 Å². The lowest BCUT2D eigenvalue weighted by Crippen LogP contribution is -2.33. The van der Waals surface area contributed by atoms with E-state index in [1.54, 1.807) is 19.1 Å². The number of aliphatic carboxylic acids is 1. The molecular formula is C15H15ClN2O3. The third kappa shape index (κ3) is 3.92. The molecule has 0 saturated heterocycles. The molecule has 21 heavy (non-hydrogen) atoms. The van der Waals surface area contributed by atoms with Crippen LogP contribution in [0.15, 0.2) is 30.3 Å². The van der Waals surface area contributed by atoms with Crippen LogP contribution in [-0.2, 0) is 4.79 Å². The van der Waals surface area contributed by atoms with Gasteiger partial charge in [0.05, 0.1) is 11.1 Å². The van der Waals surface area contributed by atoms with E-state index in [1.165, 1.54) is 6.07 Å². The Morgan fingerprint density at radius 3 is 2.81 bits per heavy atom. The Hall–Kier alpha value is -2.14. The molecule has 0 fully saturated rings. The fourth-order valence-corrected chi connectivity index (χ4v) is 2.24. The molecule has 0 radical (unpaired) electrons. The van der Waals surface area contributed by atoms with E-state index >= 15 is 0 Å². The predicted molar refractivity (Wildman–Crippen MR) is 80.6 cm³/mol. The molecule has 6 heteroatoms. The molecule has 0 aliphatic rings. The average Bonchev–Trinajstić information content (AvgIpc) is 2.44. The summed E-state index contributed by atoms with van der Waals surface area (Å²) in [6.45, 7) is 1.77. The second kappa shape index (κ2) is 6.54. The zero-order valence-electron chi connectivity index (χ0n) is 11.5. The van der Waals surface area contributed by atoms with Gasteiger partial charge in [0.2, 0.25) is 0 Å². The molecule has 2 N–H and O–H groups in total. The first-order valence-electron chi connectivity index (χ1n) is 6.55. The van der Waals surface area contributed by atoms with E-state index in [9.17, 15) is 9.59 Å². The molecule has 1 heterocycles. The minimum absolute atomic E-state index is 0.0132. The van der Waals surface area contributed by atoms with E-state index in [0.717, 1.165) is 0 Å². The fourth-order valence-electron chi connectivity index (χ4n) is 2.04. The molecule has 5 nitrogen and oxygen atoms in total. The number of nitrogens with zero attached hydrogens (tertiary/aromatic N) is 1. The fraction of sp³-hybridized carbons (Fsp3) is 0.267. The highest BCUT2D eigenvalue weighted by atomic mass is 35.5. The van der Waals surface area contributed by atoms with Crippen LogP contribution >= 0.6 is 11.6 Å². The summed E-state index contributed by atoms with van der Waals surface area (Å²) in [4.78, 5) is 27.0. The number of aromatic nitrogens is 1. The third-order valence-electron chi connectivity index (χ3n) is 3.10. The van der Waals surface area contributed by atoms with Crippen molar-refractivity contribution in [2.75, 3.05) is 0 Å². The highest BCUT2D eigenvalue weighted by Gasteiger charge is 2.15. The lowest BCUT2D eigenvalue weighted by Gasteiger charge is -2.14. The van der Waals surface area contributed by atoms with Gasteiger partial charge in [0.25, 0.3) is 5.91 Å². The molecule has 1 atom stereocenters. The van der Waals surface area contributed by atoms with Crippen LogP contribution in [0, 0.1) is 0 Å². The number of amides is 1. The van der Waals surface area contributed by atoms with Gasteiger partial charge in [-0.2, -0.15) is 0 Å². The van der Waals surface area contributed by atoms with Gasteiger partial charge in [0, 0.05) is 17.8 Å². The first-order valence-corrected chi connectivity index (χ1v) is 6.93. The normalized spacial score (nSPS) is 12.1. The van der Waals surface area contributed by atoms with E-state index in [1.807, 2.05) is 12.1 Å². The summed E-state index contributed by atoms with van der Waals surface area (Å²) < 4.78 is 0. The molecule has 0 aliphatic heterocycles. The molecule has 1 aromatic carbocycles. The lowest BCUT2D eigenvalue weighted by atomic mass is 10.1. The minimum Gasteiger partial charge on any atom is -0.481 e. The number of rotatable bonds is 5. The molecule has 0 bridgehead atoms. The van der Waals surface area contributed by atoms with Crippen LogP contribution in [0.1, 0.15) is 30.1 Å². The molecular weight excluding hydrogens is 292 g/mol. The maximum absolute atomic E-state index is 12.3. The quantitative estimate of drug-likeness (QED) is 0.832. The van der Waals surface area contributed by atoms with Crippen LogP contribution in [0.2, 0.25) is 5.15 Å². The lowest BCUT2D eigenvalue weighted by molar-refractivity contribution is -0.137. The largest absolute Gasteiger partial charge is 0.481 e. The molecule has 0 saturated carbocycles. The predicted octanol–water partition coefficient (Wildman–Crippen LogP) is 2.87. The number of fused-ring (bicyclic) bond motifs is 1. The zero-order chi connectivity index (χ0) is 15.4. The van der Waals surface area contributed by atoms with E-state index in [-0.39, 0.29) is 23.5 Å². The molecule has 1 unspecified atom stereocenters. The van der Waals surface area contributed by atoms with Crippen molar-refractivity contribution < 1.29 is 14.7 Å². The van der Waals surface area contributed by atoms with E-state index < -0.39 is 5.97 Å². The van der Waals surface area contributed by atoms with Crippen molar-refractivity contribution in [3.05, 3.63) is 41.0 Å². The van der Waals surface area contributed by atoms with Gasteiger partial charge in [-0.25, -0.2) is 4.98 Å². The van der Waals surface area contributed by atoms with Gasteiger partial charge < -0.3 is 10.4 Å². The zero-order valence-corrected chi connectivity index (χ0v) is 12.2. The summed E-state index contributed by atoms with van der Waals surface area (Å²) in [5.74, 6) is -1.16. The molecule has 1 amide bonds. The molecule has 110 valence electrons. The van der Waals surface area contributed by atoms with Crippen LogP contribution in [-0.4, -0.2) is 28.0 Å². The second-order valence-corrected chi connectivity index (χ2v) is 5.20. The molecule has 1 aromatic heterocycles. The minimum atomic E-state index is -0.881. The van der Waals surface area contributed by atoms with Crippen molar-refractivity contribution in [3.63, 3.8) is 0 Å². The van der Waals surface area contributed by atoms with Gasteiger partial charge in [-0.1, -0.05) is 29.8 Å². The second-order valence-electron chi connectivity index (χ2n) is 4.82. The number of carboxylic acids is 1. The Balaban J connectivity index is 2.21. The standard InChI is InChI=1S/C15H15ClN2O3/c1-9(6-7-14(19)20)17-15(21)11-8-13(16)18-12-5-3-2-4-10(11)12/h2-5,8-9H,6-7H2,1H3,(H,17,21)(H,19,20). The van der Waals surface area contributed by atoms with Crippen molar-refractivity contribution in [1.29, 1.82) is 0 Å². The monoisotopic (exact) mass is 306 g/mol. The van der Waals surface area contributed by atoms with Gasteiger partial charge in [-0.05, 0) is 25.5 Å². The van der Waals surface area contributed by atoms with Gasteiger partial charge in [-0.15, -0.1) is 0 Å². The number of carbonyl (C=O) groups excluding carboxylic acids is 1. The first kappa shape index (κ1) is 15.3. The number of hydrogen-bond donors (Lipinski definition) is 2. The number of para-hydroxylation sites is 1. The highest BCUT2D eigenvalue weighted by Crippen LogP contribution is 2.20. The third-order valence-corrected chi connectivity index (χ3v) is 3.29. The van der Waals surface area contributed by atoms with Crippen molar-refractivity contribution in [3.8, 4) is 0 Å². The number of pyridine rings is 1. The molecule has 0 spiro atoms. The molecule has 0 aliphatic carbocycles. The molecule has 2 rings (SSSR count). The van der Waals surface area contributed by atoms with Gasteiger partial charge >= 0.3 is 5.97 Å². The SMILES string of the molecule is CC(CCC(=O)O)NC(=O)c1cc(Cl)nc2ccccc12. The van der Waals surface area contributed by atoms with Crippen molar-refractivity contribution in [2.24, 2.45) is 0 Å². The summed E-state index contributed by atoms with van der Waals surface area (Å²) >= 11 is 5.94. The first-order chi connectivity index (χ1) is 9.97. The summed E-state index contributed by atoms with van der Waals surface area (Å²) in [6.07, 6.45) is 0.386. The maximum atomic E-state index is 12.3. The summed E-state index contributed by atoms with van der Waals surface area (Å²) in [5, 5.41) is 12.4. The smallest absolute Gasteiger partial charge is 0.303 e. The summed E-state index contributed by atoms with van der Waals surface area (Å²) in [7, 11) is 0. The van der Waals surface area contributed by atoms with E-state index in [0.29, 0.717) is 22.9 Å². The van der Waals surface area contributed by atoms with Gasteiger partial charge in [0.1, 0.15) is 5.15 Å². The Kier molecular flexibility index (Phi) is 4.75. The Bertz CT molecular complexity index is 688. The van der Waals surface area contributed by atoms with E-state index in [4.69, 9.17) is 16.7 Å². The Morgan fingerprint density at radius 1 is 1.38 bits per heavy atom. The number of carbonyl (C=O) groups is 2. The number of benzene rings is 1. The maximum Gasteiger partial charge on any atom is 0.303 e. The van der Waals surface area contributed by atoms with Crippen LogP contribution in [0.4, 0.5) is 0 Å². The van der Waals surface area contributed by atoms with Crippen LogP contribution in [0.3, 0.4) is 0 Å².